The van der Waals surface area contributed by atoms with Crippen LogP contribution in [0, 0.1) is 0 Å². The molecular weight excluding hydrogens is 310 g/mol. The van der Waals surface area contributed by atoms with Crippen molar-refractivity contribution < 1.29 is 23.8 Å². The van der Waals surface area contributed by atoms with Crippen LogP contribution >= 0.6 is 0 Å². The Morgan fingerprint density at radius 3 is 2.38 bits per heavy atom. The highest BCUT2D eigenvalue weighted by atomic mass is 16.6. The summed E-state index contributed by atoms with van der Waals surface area (Å²) in [5.41, 5.74) is 2.39. The summed E-state index contributed by atoms with van der Waals surface area (Å²) >= 11 is 0. The first-order chi connectivity index (χ1) is 11.5. The van der Waals surface area contributed by atoms with E-state index in [0.717, 1.165) is 5.69 Å². The number of ether oxygens (including phenoxy) is 3. The van der Waals surface area contributed by atoms with E-state index < -0.39 is 12.2 Å². The highest BCUT2D eigenvalue weighted by molar-refractivity contribution is 5.98. The van der Waals surface area contributed by atoms with Gasteiger partial charge in [0.15, 0.2) is 17.3 Å². The molecule has 6 nitrogen and oxygen atoms in total. The molecule has 0 bridgehead atoms. The maximum Gasteiger partial charge on any atom is 0.344 e. The molecular formula is C18H17NO5. The van der Waals surface area contributed by atoms with E-state index >= 15 is 0 Å². The monoisotopic (exact) mass is 327 g/mol. The van der Waals surface area contributed by atoms with E-state index in [2.05, 4.69) is 5.32 Å². The van der Waals surface area contributed by atoms with Crippen molar-refractivity contribution in [1.82, 2.24) is 0 Å². The number of hydrogen-bond donors (Lipinski definition) is 1. The topological polar surface area (TPSA) is 73.9 Å². The average Bonchev–Trinajstić information content (AvgIpc) is 2.90. The number of cyclic esters (lactones) is 1. The van der Waals surface area contributed by atoms with Gasteiger partial charge in [0.1, 0.15) is 5.56 Å². The fourth-order valence-corrected chi connectivity index (χ4v) is 2.66. The smallest absolute Gasteiger partial charge is 0.344 e. The zero-order valence-corrected chi connectivity index (χ0v) is 13.6. The Hall–Kier alpha value is -3.02. The number of rotatable bonds is 5. The molecule has 1 aliphatic heterocycles. The Balaban J connectivity index is 1.91. The van der Waals surface area contributed by atoms with E-state index in [4.69, 9.17) is 14.2 Å². The standard InChI is InChI=1S/C18H17NO5/c1-10(20)11-4-6-12(7-5-11)19-17-13-8-9-14(22-2)16(23-3)15(13)18(21)24-17/h4-9,17,19H,1-3H3. The number of anilines is 1. The lowest BCUT2D eigenvalue weighted by Gasteiger charge is -2.15. The number of carbonyl (C=O) groups excluding carboxylic acids is 2. The summed E-state index contributed by atoms with van der Waals surface area (Å²) in [6.07, 6.45) is -0.629. The minimum atomic E-state index is -0.629. The quantitative estimate of drug-likeness (QED) is 0.671. The van der Waals surface area contributed by atoms with Gasteiger partial charge in [-0.05, 0) is 43.3 Å². The maximum absolute atomic E-state index is 12.2. The minimum Gasteiger partial charge on any atom is -0.493 e. The van der Waals surface area contributed by atoms with Gasteiger partial charge < -0.3 is 19.5 Å². The fourth-order valence-electron chi connectivity index (χ4n) is 2.66. The van der Waals surface area contributed by atoms with E-state index in [1.807, 2.05) is 0 Å². The lowest BCUT2D eigenvalue weighted by atomic mass is 10.1. The number of ketones is 1. The molecule has 1 atom stereocenters. The van der Waals surface area contributed by atoms with Crippen molar-refractivity contribution in [1.29, 1.82) is 0 Å². The third-order valence-corrected chi connectivity index (χ3v) is 3.88. The zero-order chi connectivity index (χ0) is 17.3. The van der Waals surface area contributed by atoms with Gasteiger partial charge in [-0.2, -0.15) is 0 Å². The first-order valence-corrected chi connectivity index (χ1v) is 7.38. The summed E-state index contributed by atoms with van der Waals surface area (Å²) in [6, 6.07) is 10.5. The van der Waals surface area contributed by atoms with Crippen LogP contribution in [0.1, 0.15) is 39.4 Å². The van der Waals surface area contributed by atoms with Crippen molar-refractivity contribution in [2.24, 2.45) is 0 Å². The van der Waals surface area contributed by atoms with Crippen LogP contribution in [-0.2, 0) is 4.74 Å². The molecule has 2 aromatic rings. The normalized spacial score (nSPS) is 15.5. The molecule has 124 valence electrons. The number of esters is 1. The largest absolute Gasteiger partial charge is 0.493 e. The van der Waals surface area contributed by atoms with Crippen LogP contribution in [0.15, 0.2) is 36.4 Å². The summed E-state index contributed by atoms with van der Waals surface area (Å²) in [4.78, 5) is 23.5. The Kier molecular flexibility index (Phi) is 4.12. The highest BCUT2D eigenvalue weighted by Crippen LogP contribution is 2.41. The molecule has 1 heterocycles. The van der Waals surface area contributed by atoms with Crippen molar-refractivity contribution in [3.05, 3.63) is 53.1 Å². The molecule has 24 heavy (non-hydrogen) atoms. The number of hydrogen-bond acceptors (Lipinski definition) is 6. The van der Waals surface area contributed by atoms with Gasteiger partial charge in [0.2, 0.25) is 6.23 Å². The van der Waals surface area contributed by atoms with Gasteiger partial charge in [-0.3, -0.25) is 4.79 Å². The highest BCUT2D eigenvalue weighted by Gasteiger charge is 2.35. The van der Waals surface area contributed by atoms with Crippen molar-refractivity contribution >= 4 is 17.4 Å². The maximum atomic E-state index is 12.2. The number of methoxy groups -OCH3 is 2. The van der Waals surface area contributed by atoms with Crippen LogP contribution in [-0.4, -0.2) is 26.0 Å². The Bertz CT molecular complexity index is 798. The molecule has 3 rings (SSSR count). The van der Waals surface area contributed by atoms with Crippen molar-refractivity contribution in [3.63, 3.8) is 0 Å². The van der Waals surface area contributed by atoms with Crippen LogP contribution in [0.2, 0.25) is 0 Å². The predicted molar refractivity (Wildman–Crippen MR) is 87.8 cm³/mol. The van der Waals surface area contributed by atoms with Crippen LogP contribution < -0.4 is 14.8 Å². The SMILES string of the molecule is COc1ccc2c(c1OC)C(=O)OC2Nc1ccc(C(C)=O)cc1. The van der Waals surface area contributed by atoms with Gasteiger partial charge in [0.05, 0.1) is 14.2 Å². The van der Waals surface area contributed by atoms with E-state index in [9.17, 15) is 9.59 Å². The van der Waals surface area contributed by atoms with E-state index in [1.54, 1.807) is 36.4 Å². The molecule has 0 saturated heterocycles. The first kappa shape index (κ1) is 15.9. The second kappa shape index (κ2) is 6.23. The number of Topliss-reactive ketones (excluding diaryl/α,β-unsaturated/α-hetero) is 1. The number of nitrogens with one attached hydrogen (secondary N) is 1. The Morgan fingerprint density at radius 2 is 1.79 bits per heavy atom. The van der Waals surface area contributed by atoms with Crippen LogP contribution in [0.3, 0.4) is 0 Å². The summed E-state index contributed by atoms with van der Waals surface area (Å²) in [7, 11) is 2.99. The summed E-state index contributed by atoms with van der Waals surface area (Å²) < 4.78 is 15.9. The number of carbonyl (C=O) groups is 2. The Morgan fingerprint density at radius 1 is 1.08 bits per heavy atom. The Labute approximate surface area is 139 Å². The van der Waals surface area contributed by atoms with Crippen LogP contribution in [0.5, 0.6) is 11.5 Å². The third-order valence-electron chi connectivity index (χ3n) is 3.88. The van der Waals surface area contributed by atoms with Gasteiger partial charge in [-0.25, -0.2) is 4.79 Å². The van der Waals surface area contributed by atoms with Crippen LogP contribution in [0.4, 0.5) is 5.69 Å². The average molecular weight is 327 g/mol. The minimum absolute atomic E-state index is 0.00368. The molecule has 1 N–H and O–H groups in total. The summed E-state index contributed by atoms with van der Waals surface area (Å²) in [5, 5.41) is 3.13. The van der Waals surface area contributed by atoms with Gasteiger partial charge in [0, 0.05) is 16.8 Å². The van der Waals surface area contributed by atoms with E-state index in [-0.39, 0.29) is 5.78 Å². The first-order valence-electron chi connectivity index (χ1n) is 7.38. The lowest BCUT2D eigenvalue weighted by molar-refractivity contribution is 0.0435. The number of benzene rings is 2. The third kappa shape index (κ3) is 2.67. The van der Waals surface area contributed by atoms with Gasteiger partial charge in [0.25, 0.3) is 0 Å². The van der Waals surface area contributed by atoms with Crippen molar-refractivity contribution in [2.75, 3.05) is 19.5 Å². The van der Waals surface area contributed by atoms with E-state index in [0.29, 0.717) is 28.2 Å². The molecule has 0 spiro atoms. The molecule has 0 amide bonds. The fraction of sp³-hybridized carbons (Fsp3) is 0.222. The van der Waals surface area contributed by atoms with Crippen LogP contribution in [0.25, 0.3) is 0 Å². The molecule has 6 heteroatoms. The number of fused-ring (bicyclic) bond motifs is 1. The molecule has 0 aliphatic carbocycles. The molecule has 1 aliphatic rings. The zero-order valence-electron chi connectivity index (χ0n) is 13.6. The van der Waals surface area contributed by atoms with Gasteiger partial charge in [-0.15, -0.1) is 0 Å². The van der Waals surface area contributed by atoms with Gasteiger partial charge >= 0.3 is 5.97 Å². The van der Waals surface area contributed by atoms with Crippen molar-refractivity contribution in [2.45, 2.75) is 13.2 Å². The second-order valence-electron chi connectivity index (χ2n) is 5.33. The molecule has 2 aromatic carbocycles. The van der Waals surface area contributed by atoms with E-state index in [1.165, 1.54) is 21.1 Å². The molecule has 0 aromatic heterocycles. The molecule has 0 radical (unpaired) electrons. The van der Waals surface area contributed by atoms with Crippen molar-refractivity contribution in [3.8, 4) is 11.5 Å². The molecule has 0 saturated carbocycles. The lowest BCUT2D eigenvalue weighted by Crippen LogP contribution is -2.10. The summed E-state index contributed by atoms with van der Waals surface area (Å²) in [6.45, 7) is 1.51. The predicted octanol–water partition coefficient (Wildman–Crippen LogP) is 3.19. The summed E-state index contributed by atoms with van der Waals surface area (Å²) in [5.74, 6) is 0.352. The second-order valence-corrected chi connectivity index (χ2v) is 5.33. The molecule has 0 fully saturated rings. The van der Waals surface area contributed by atoms with Gasteiger partial charge in [-0.1, -0.05) is 0 Å². The molecule has 1 unspecified atom stereocenters.